The Balaban J connectivity index is 1.05. The largest absolute Gasteiger partial charge is 0.344 e. The standard InChI is InChI=1S/C62H43N3/c1-63-60-28-16-13-25-54(60)55-38-35-49(41-61(55)63)65(46-31-29-43(30-32-46)42-17-5-2-6-18-42)48-34-37-53-51-24-12-15-27-57(51)62(59(53)40-48)56-26-14-11-23-50(56)52-36-33-47(39-58(52)62)64(44-19-7-3-8-20-44)45-21-9-4-10-22-45/h2-41H,1H3/i2D,5D,6D,17D,18D. The fourth-order valence-electron chi connectivity index (χ4n) is 10.9. The van der Waals surface area contributed by atoms with Crippen LogP contribution in [0.2, 0.25) is 0 Å². The van der Waals surface area contributed by atoms with Gasteiger partial charge in [0.25, 0.3) is 0 Å². The van der Waals surface area contributed by atoms with Crippen molar-refractivity contribution in [3.63, 3.8) is 0 Å². The molecule has 0 saturated carbocycles. The first kappa shape index (κ1) is 32.3. The highest BCUT2D eigenvalue weighted by molar-refractivity contribution is 6.09. The maximum absolute atomic E-state index is 8.77. The molecule has 10 aromatic carbocycles. The van der Waals surface area contributed by atoms with Gasteiger partial charge in [0.05, 0.1) is 17.8 Å². The average molecular weight is 835 g/mol. The summed E-state index contributed by atoms with van der Waals surface area (Å²) < 4.78 is 44.8. The van der Waals surface area contributed by atoms with Crippen LogP contribution in [-0.4, -0.2) is 4.57 Å². The maximum Gasteiger partial charge on any atom is 0.0727 e. The van der Waals surface area contributed by atoms with E-state index >= 15 is 0 Å². The van der Waals surface area contributed by atoms with Crippen LogP contribution in [0.15, 0.2) is 243 Å². The molecule has 0 fully saturated rings. The van der Waals surface area contributed by atoms with E-state index in [4.69, 9.17) is 6.85 Å². The van der Waals surface area contributed by atoms with E-state index in [9.17, 15) is 0 Å². The van der Waals surface area contributed by atoms with Crippen molar-refractivity contribution in [1.82, 2.24) is 4.57 Å². The first-order valence-electron chi connectivity index (χ1n) is 24.6. The lowest BCUT2D eigenvalue weighted by atomic mass is 9.70. The number of anilines is 6. The fraction of sp³-hybridized carbons (Fsp3) is 0.0323. The Bertz CT molecular complexity index is 3840. The van der Waals surface area contributed by atoms with E-state index in [2.05, 4.69) is 209 Å². The number of aryl methyl sites for hydroxylation is 1. The lowest BCUT2D eigenvalue weighted by molar-refractivity contribution is 0.793. The van der Waals surface area contributed by atoms with Gasteiger partial charge in [-0.3, -0.25) is 0 Å². The molecule has 1 spiro atoms. The van der Waals surface area contributed by atoms with E-state index < -0.39 is 11.5 Å². The Morgan fingerprint density at radius 1 is 0.354 bits per heavy atom. The van der Waals surface area contributed by atoms with Gasteiger partial charge in [0.2, 0.25) is 0 Å². The van der Waals surface area contributed by atoms with Crippen molar-refractivity contribution in [1.29, 1.82) is 0 Å². The number of hydrogen-bond donors (Lipinski definition) is 0. The van der Waals surface area contributed by atoms with Crippen LogP contribution in [0.5, 0.6) is 0 Å². The van der Waals surface area contributed by atoms with E-state index in [1.165, 1.54) is 49.9 Å². The summed E-state index contributed by atoms with van der Waals surface area (Å²) in [4.78, 5) is 4.62. The Kier molecular flexibility index (Phi) is 7.25. The first-order chi connectivity index (χ1) is 34.2. The van der Waals surface area contributed by atoms with Crippen LogP contribution in [0.1, 0.15) is 29.1 Å². The molecule has 11 aromatic rings. The molecule has 1 unspecified atom stereocenters. The molecule has 13 rings (SSSR count). The summed E-state index contributed by atoms with van der Waals surface area (Å²) in [6.07, 6.45) is 0. The Morgan fingerprint density at radius 2 is 0.800 bits per heavy atom. The van der Waals surface area contributed by atoms with Gasteiger partial charge in [0.1, 0.15) is 0 Å². The molecular weight excluding hydrogens is 787 g/mol. The van der Waals surface area contributed by atoms with E-state index in [0.717, 1.165) is 50.5 Å². The van der Waals surface area contributed by atoms with Gasteiger partial charge in [-0.1, -0.05) is 164 Å². The Labute approximate surface area is 386 Å². The molecule has 0 aliphatic heterocycles. The number of aromatic nitrogens is 1. The molecule has 2 aliphatic carbocycles. The highest BCUT2D eigenvalue weighted by atomic mass is 15.1. The predicted octanol–water partition coefficient (Wildman–Crippen LogP) is 16.3. The zero-order chi connectivity index (χ0) is 47.4. The lowest BCUT2D eigenvalue weighted by Gasteiger charge is -2.33. The predicted molar refractivity (Wildman–Crippen MR) is 272 cm³/mol. The molecular formula is C62H43N3. The molecule has 0 radical (unpaired) electrons. The molecule has 1 heterocycles. The Morgan fingerprint density at radius 3 is 1.42 bits per heavy atom. The zero-order valence-electron chi connectivity index (χ0n) is 40.5. The summed E-state index contributed by atoms with van der Waals surface area (Å²) >= 11 is 0. The molecule has 0 bridgehead atoms. The van der Waals surface area contributed by atoms with Crippen molar-refractivity contribution >= 4 is 55.9 Å². The van der Waals surface area contributed by atoms with Crippen molar-refractivity contribution in [2.75, 3.05) is 9.80 Å². The average Bonchev–Trinajstić information content (AvgIpc) is 3.99. The van der Waals surface area contributed by atoms with Gasteiger partial charge in [0.15, 0.2) is 0 Å². The molecule has 3 nitrogen and oxygen atoms in total. The van der Waals surface area contributed by atoms with Crippen molar-refractivity contribution in [2.24, 2.45) is 7.05 Å². The van der Waals surface area contributed by atoms with E-state index in [-0.39, 0.29) is 29.7 Å². The summed E-state index contributed by atoms with van der Waals surface area (Å²) in [6, 6.07) is 74.1. The second kappa shape index (κ2) is 14.6. The summed E-state index contributed by atoms with van der Waals surface area (Å²) in [5.74, 6) is 0. The molecule has 65 heavy (non-hydrogen) atoms. The van der Waals surface area contributed by atoms with Crippen LogP contribution >= 0.6 is 0 Å². The minimum atomic E-state index is -0.667. The minimum absolute atomic E-state index is 0.175. The van der Waals surface area contributed by atoms with Gasteiger partial charge in [-0.25, -0.2) is 0 Å². The zero-order valence-corrected chi connectivity index (χ0v) is 35.5. The van der Waals surface area contributed by atoms with Crippen LogP contribution in [0.4, 0.5) is 34.1 Å². The Hall–Kier alpha value is -8.40. The van der Waals surface area contributed by atoms with Crippen LogP contribution in [0.3, 0.4) is 0 Å². The topological polar surface area (TPSA) is 11.4 Å². The molecule has 1 atom stereocenters. The lowest BCUT2D eigenvalue weighted by Crippen LogP contribution is -2.26. The number of para-hydroxylation sites is 3. The summed E-state index contributed by atoms with van der Waals surface area (Å²) in [7, 11) is 2.12. The number of fused-ring (bicyclic) bond motifs is 13. The van der Waals surface area contributed by atoms with Crippen LogP contribution in [0.25, 0.3) is 55.2 Å². The number of benzene rings is 10. The fourth-order valence-corrected chi connectivity index (χ4v) is 10.9. The van der Waals surface area contributed by atoms with Gasteiger partial charge in [-0.2, -0.15) is 0 Å². The molecule has 0 amide bonds. The smallest absolute Gasteiger partial charge is 0.0727 e. The monoisotopic (exact) mass is 834 g/mol. The SMILES string of the molecule is [2H]c1c([2H])c([2H])c(-c2ccc(N(c3ccc4c(c3)C3(c5ccccc5-c5ccc(N(c6ccccc6)c6ccccc6)cc53)c3ccccc3-4)c3ccc4c5ccccc5n(C)c4c3)cc2)c([2H])c1[2H]. The molecule has 1 aromatic heterocycles. The molecule has 3 heteroatoms. The van der Waals surface area contributed by atoms with Crippen molar-refractivity contribution in [2.45, 2.75) is 5.41 Å². The van der Waals surface area contributed by atoms with Gasteiger partial charge in [0, 0.05) is 57.5 Å². The molecule has 2 aliphatic rings. The second-order valence-corrected chi connectivity index (χ2v) is 17.0. The summed E-state index contributed by atoms with van der Waals surface area (Å²) in [5.41, 5.74) is 18.0. The third-order valence-corrected chi connectivity index (χ3v) is 13.7. The van der Waals surface area contributed by atoms with Crippen molar-refractivity contribution in [3.05, 3.63) is 265 Å². The maximum atomic E-state index is 8.77. The molecule has 0 saturated heterocycles. The number of rotatable bonds is 7. The van der Waals surface area contributed by atoms with Crippen LogP contribution in [-0.2, 0) is 12.5 Å². The molecule has 306 valence electrons. The number of nitrogens with zero attached hydrogens (tertiary/aromatic N) is 3. The highest BCUT2D eigenvalue weighted by Gasteiger charge is 2.52. The van der Waals surface area contributed by atoms with Crippen LogP contribution < -0.4 is 9.80 Å². The van der Waals surface area contributed by atoms with Gasteiger partial charge in [-0.15, -0.1) is 0 Å². The van der Waals surface area contributed by atoms with E-state index in [1.807, 2.05) is 24.3 Å². The molecule has 0 N–H and O–H groups in total. The number of hydrogen-bond acceptors (Lipinski definition) is 2. The second-order valence-electron chi connectivity index (χ2n) is 17.0. The summed E-state index contributed by atoms with van der Waals surface area (Å²) in [5, 5.41) is 2.35. The quantitative estimate of drug-likeness (QED) is 0.158. The van der Waals surface area contributed by atoms with Crippen molar-refractivity contribution < 1.29 is 6.85 Å². The van der Waals surface area contributed by atoms with Gasteiger partial charge >= 0.3 is 0 Å². The van der Waals surface area contributed by atoms with E-state index in [0.29, 0.717) is 5.56 Å². The third kappa shape index (κ3) is 5.55. The highest BCUT2D eigenvalue weighted by Crippen LogP contribution is 2.64. The van der Waals surface area contributed by atoms with Crippen molar-refractivity contribution in [3.8, 4) is 33.4 Å². The van der Waals surface area contributed by atoms with Gasteiger partial charge in [-0.05, 0) is 134 Å². The van der Waals surface area contributed by atoms with E-state index in [1.54, 1.807) is 0 Å². The summed E-state index contributed by atoms with van der Waals surface area (Å²) in [6.45, 7) is 0. The minimum Gasteiger partial charge on any atom is -0.344 e. The van der Waals surface area contributed by atoms with Gasteiger partial charge < -0.3 is 14.4 Å². The first-order valence-corrected chi connectivity index (χ1v) is 22.1. The van der Waals surface area contributed by atoms with Crippen LogP contribution in [0, 0.1) is 0 Å². The third-order valence-electron chi connectivity index (χ3n) is 13.7. The normalized spacial score (nSPS) is 15.4.